The fraction of sp³-hybridized carbons (Fsp3) is 0. The minimum Gasteiger partial charge on any atom is -0.267 e. The summed E-state index contributed by atoms with van der Waals surface area (Å²) in [7, 11) is 0. The molecule has 0 N–H and O–H groups in total. The molecule has 0 atom stereocenters. The molecule has 0 unspecified atom stereocenters. The van der Waals surface area contributed by atoms with Gasteiger partial charge in [-0.1, -0.05) is 54.6 Å². The van der Waals surface area contributed by atoms with Gasteiger partial charge in [0, 0.05) is 33.1 Å². The van der Waals surface area contributed by atoms with Crippen LogP contribution >= 0.6 is 22.7 Å². The first kappa shape index (κ1) is 20.5. The lowest BCUT2D eigenvalue weighted by Gasteiger charge is -2.00. The lowest BCUT2D eigenvalue weighted by molar-refractivity contribution is 0.819. The van der Waals surface area contributed by atoms with Gasteiger partial charge in [0.05, 0.1) is 17.3 Å². The Hall–Kier alpha value is -4.14. The average molecular weight is 480 g/mol. The molecule has 4 aromatic heterocycles. The highest BCUT2D eigenvalue weighted by atomic mass is 32.1. The number of fused-ring (bicyclic) bond motifs is 1. The van der Waals surface area contributed by atoms with E-state index >= 15 is 0 Å². The van der Waals surface area contributed by atoms with E-state index in [-0.39, 0.29) is 5.56 Å². The summed E-state index contributed by atoms with van der Waals surface area (Å²) >= 11 is 3.07. The Kier molecular flexibility index (Phi) is 5.21. The molecule has 8 heteroatoms. The van der Waals surface area contributed by atoms with Crippen molar-refractivity contribution in [3.63, 3.8) is 0 Å². The van der Waals surface area contributed by atoms with E-state index in [9.17, 15) is 4.79 Å². The highest BCUT2D eigenvalue weighted by Crippen LogP contribution is 2.33. The fourth-order valence-electron chi connectivity index (χ4n) is 3.76. The SMILES string of the molecule is O=c1c2c(-c3cccs3)csc2ncn1N=Cc1cn(-c2ccccc2)nc1-c1ccccc1. The van der Waals surface area contributed by atoms with Gasteiger partial charge in [0.15, 0.2) is 0 Å². The summed E-state index contributed by atoms with van der Waals surface area (Å²) in [6.45, 7) is 0. The van der Waals surface area contributed by atoms with Gasteiger partial charge < -0.3 is 0 Å². The number of benzene rings is 2. The first-order chi connectivity index (χ1) is 16.8. The monoisotopic (exact) mass is 479 g/mol. The first-order valence-electron chi connectivity index (χ1n) is 10.6. The van der Waals surface area contributed by atoms with Crippen LogP contribution in [-0.4, -0.2) is 25.7 Å². The molecular weight excluding hydrogens is 462 g/mol. The minimum absolute atomic E-state index is 0.192. The van der Waals surface area contributed by atoms with Crippen LogP contribution in [0.25, 0.3) is 37.6 Å². The van der Waals surface area contributed by atoms with E-state index in [1.54, 1.807) is 17.6 Å². The van der Waals surface area contributed by atoms with Crippen molar-refractivity contribution in [2.45, 2.75) is 0 Å². The van der Waals surface area contributed by atoms with Gasteiger partial charge in [-0.25, -0.2) is 9.67 Å². The van der Waals surface area contributed by atoms with Gasteiger partial charge in [-0.05, 0) is 23.6 Å². The molecule has 0 fully saturated rings. The van der Waals surface area contributed by atoms with Crippen LogP contribution in [0.3, 0.4) is 0 Å². The molecule has 0 bridgehead atoms. The van der Waals surface area contributed by atoms with Gasteiger partial charge in [0.25, 0.3) is 5.56 Å². The van der Waals surface area contributed by atoms with Crippen LogP contribution in [0.1, 0.15) is 5.56 Å². The van der Waals surface area contributed by atoms with Crippen LogP contribution in [-0.2, 0) is 0 Å². The number of hydrogen-bond acceptors (Lipinski definition) is 6. The molecule has 4 heterocycles. The number of nitrogens with zero attached hydrogens (tertiary/aromatic N) is 5. The maximum atomic E-state index is 13.3. The Balaban J connectivity index is 1.45. The molecule has 0 amide bonds. The second-order valence-corrected chi connectivity index (χ2v) is 9.33. The van der Waals surface area contributed by atoms with Gasteiger partial charge in [-0.3, -0.25) is 4.79 Å². The number of rotatable bonds is 5. The Morgan fingerprint density at radius 1 is 0.912 bits per heavy atom. The van der Waals surface area contributed by atoms with Crippen LogP contribution in [0, 0.1) is 0 Å². The number of hydrogen-bond donors (Lipinski definition) is 0. The molecule has 0 saturated heterocycles. The smallest absolute Gasteiger partial charge is 0.267 e. The highest BCUT2D eigenvalue weighted by molar-refractivity contribution is 7.18. The molecule has 0 saturated carbocycles. The standard InChI is InChI=1S/C26H17N5OS2/c32-26-23-21(22-12-7-13-33-22)16-34-25(23)27-17-31(26)28-14-19-15-30(20-10-5-2-6-11-20)29-24(19)18-8-3-1-4-9-18/h1-17H. The molecule has 34 heavy (non-hydrogen) atoms. The summed E-state index contributed by atoms with van der Waals surface area (Å²) in [6.07, 6.45) is 5.06. The van der Waals surface area contributed by atoms with Crippen molar-refractivity contribution in [1.82, 2.24) is 19.4 Å². The lowest BCUT2D eigenvalue weighted by Crippen LogP contribution is -2.16. The molecule has 2 aromatic carbocycles. The van der Waals surface area contributed by atoms with Gasteiger partial charge in [0.2, 0.25) is 0 Å². The summed E-state index contributed by atoms with van der Waals surface area (Å²) < 4.78 is 3.11. The van der Waals surface area contributed by atoms with Crippen molar-refractivity contribution in [1.29, 1.82) is 0 Å². The maximum Gasteiger partial charge on any atom is 0.283 e. The van der Waals surface area contributed by atoms with Gasteiger partial charge in [-0.2, -0.15) is 14.9 Å². The summed E-state index contributed by atoms with van der Waals surface area (Å²) in [6, 6.07) is 23.8. The van der Waals surface area contributed by atoms with Crippen molar-refractivity contribution in [2.75, 3.05) is 0 Å². The summed E-state index contributed by atoms with van der Waals surface area (Å²) in [4.78, 5) is 19.5. The molecule has 0 radical (unpaired) electrons. The minimum atomic E-state index is -0.192. The van der Waals surface area contributed by atoms with Gasteiger partial charge >= 0.3 is 0 Å². The largest absolute Gasteiger partial charge is 0.283 e. The molecule has 0 aliphatic carbocycles. The Morgan fingerprint density at radius 2 is 1.71 bits per heavy atom. The van der Waals surface area contributed by atoms with Crippen LogP contribution in [0.15, 0.2) is 106 Å². The normalized spacial score (nSPS) is 11.5. The van der Waals surface area contributed by atoms with Crippen molar-refractivity contribution in [3.8, 4) is 27.4 Å². The predicted octanol–water partition coefficient (Wildman–Crippen LogP) is 5.92. The molecule has 6 rings (SSSR count). The summed E-state index contributed by atoms with van der Waals surface area (Å²) in [5.74, 6) is 0. The van der Waals surface area contributed by atoms with E-state index < -0.39 is 0 Å². The molecule has 0 aliphatic rings. The summed E-state index contributed by atoms with van der Waals surface area (Å²) in [5.41, 5.74) is 4.20. The number of thiophene rings is 2. The van der Waals surface area contributed by atoms with Crippen LogP contribution in [0.5, 0.6) is 0 Å². The first-order valence-corrected chi connectivity index (χ1v) is 12.3. The van der Waals surface area contributed by atoms with E-state index in [1.165, 1.54) is 22.3 Å². The van der Waals surface area contributed by atoms with Crippen molar-refractivity contribution in [3.05, 3.63) is 112 Å². The highest BCUT2D eigenvalue weighted by Gasteiger charge is 2.15. The average Bonchev–Trinajstić information content (AvgIpc) is 3.64. The molecule has 0 spiro atoms. The van der Waals surface area contributed by atoms with Crippen molar-refractivity contribution in [2.24, 2.45) is 5.10 Å². The third kappa shape index (κ3) is 3.68. The second kappa shape index (κ2) is 8.66. The van der Waals surface area contributed by atoms with Gasteiger partial charge in [-0.15, -0.1) is 22.7 Å². The van der Waals surface area contributed by atoms with Crippen molar-refractivity contribution < 1.29 is 0 Å². The molecular formula is C26H17N5OS2. The lowest BCUT2D eigenvalue weighted by atomic mass is 10.1. The zero-order valence-corrected chi connectivity index (χ0v) is 19.4. The molecule has 6 nitrogen and oxygen atoms in total. The molecule has 0 aliphatic heterocycles. The quantitative estimate of drug-likeness (QED) is 0.288. The van der Waals surface area contributed by atoms with E-state index in [1.807, 2.05) is 94.4 Å². The number of aromatic nitrogens is 4. The van der Waals surface area contributed by atoms with Crippen LogP contribution in [0.2, 0.25) is 0 Å². The fourth-order valence-corrected chi connectivity index (χ4v) is 5.48. The predicted molar refractivity (Wildman–Crippen MR) is 139 cm³/mol. The topological polar surface area (TPSA) is 65.1 Å². The molecule has 6 aromatic rings. The Labute approximate surface area is 202 Å². The van der Waals surface area contributed by atoms with Crippen LogP contribution < -0.4 is 5.56 Å². The third-order valence-corrected chi connectivity index (χ3v) is 7.19. The zero-order valence-electron chi connectivity index (χ0n) is 17.8. The Morgan fingerprint density at radius 3 is 2.47 bits per heavy atom. The zero-order chi connectivity index (χ0) is 22.9. The van der Waals surface area contributed by atoms with Gasteiger partial charge in [0.1, 0.15) is 16.9 Å². The van der Waals surface area contributed by atoms with E-state index in [0.717, 1.165) is 32.9 Å². The van der Waals surface area contributed by atoms with Crippen LogP contribution in [0.4, 0.5) is 0 Å². The maximum absolute atomic E-state index is 13.3. The third-order valence-electron chi connectivity index (χ3n) is 5.40. The second-order valence-electron chi connectivity index (χ2n) is 7.52. The van der Waals surface area contributed by atoms with Crippen molar-refractivity contribution >= 4 is 39.1 Å². The Bertz CT molecular complexity index is 1660. The van der Waals surface area contributed by atoms with E-state index in [0.29, 0.717) is 10.2 Å². The summed E-state index contributed by atoms with van der Waals surface area (Å²) in [5, 5.41) is 13.9. The molecule has 164 valence electrons. The van der Waals surface area contributed by atoms with E-state index in [4.69, 9.17) is 5.10 Å². The van der Waals surface area contributed by atoms with E-state index in [2.05, 4.69) is 10.1 Å². The number of para-hydroxylation sites is 1.